The molecule has 0 atom stereocenters. The third-order valence-electron chi connectivity index (χ3n) is 2.70. The molecule has 0 saturated heterocycles. The second kappa shape index (κ2) is 7.99. The van der Waals surface area contributed by atoms with Crippen LogP contribution in [0.25, 0.3) is 0 Å². The molecule has 6 nitrogen and oxygen atoms in total. The Bertz CT molecular complexity index is 570. The molecule has 7 heteroatoms. The maximum absolute atomic E-state index is 12.2. The number of hydrogen-bond donors (Lipinski definition) is 3. The molecule has 118 valence electrons. The van der Waals surface area contributed by atoms with Crippen molar-refractivity contribution in [1.29, 1.82) is 0 Å². The Morgan fingerprint density at radius 1 is 1.24 bits per heavy atom. The standard InChI is InChI=1S/C14H22N2O4S/c1-11(2)16-21(19,20)13-8-4-3-7-12(13)15-10-6-5-9-14(17)18/h3-4,7-8,11,15-16H,5-6,9-10H2,1-2H3,(H,17,18). The van der Waals surface area contributed by atoms with Gasteiger partial charge in [-0.1, -0.05) is 12.1 Å². The number of para-hydroxylation sites is 1. The van der Waals surface area contributed by atoms with Crippen LogP contribution in [0.2, 0.25) is 0 Å². The second-order valence-electron chi connectivity index (χ2n) is 5.05. The van der Waals surface area contributed by atoms with Gasteiger partial charge in [0.05, 0.1) is 5.69 Å². The molecule has 0 amide bonds. The molecule has 0 radical (unpaired) electrons. The fourth-order valence-corrected chi connectivity index (χ4v) is 3.28. The van der Waals surface area contributed by atoms with E-state index in [9.17, 15) is 13.2 Å². The molecule has 1 aromatic rings. The molecule has 0 fully saturated rings. The van der Waals surface area contributed by atoms with Crippen molar-refractivity contribution in [3.8, 4) is 0 Å². The molecule has 1 rings (SSSR count). The number of sulfonamides is 1. The summed E-state index contributed by atoms with van der Waals surface area (Å²) < 4.78 is 27.0. The van der Waals surface area contributed by atoms with E-state index in [1.807, 2.05) is 0 Å². The van der Waals surface area contributed by atoms with Crippen LogP contribution in [0, 0.1) is 0 Å². The van der Waals surface area contributed by atoms with Crippen molar-refractivity contribution in [2.45, 2.75) is 44.0 Å². The van der Waals surface area contributed by atoms with Crippen LogP contribution in [0.15, 0.2) is 29.2 Å². The van der Waals surface area contributed by atoms with E-state index in [1.165, 1.54) is 0 Å². The van der Waals surface area contributed by atoms with Crippen molar-refractivity contribution in [1.82, 2.24) is 4.72 Å². The summed E-state index contributed by atoms with van der Waals surface area (Å²) in [5.74, 6) is -0.820. The van der Waals surface area contributed by atoms with Crippen LogP contribution in [0.4, 0.5) is 5.69 Å². The van der Waals surface area contributed by atoms with E-state index in [0.29, 0.717) is 25.1 Å². The van der Waals surface area contributed by atoms with Gasteiger partial charge in [-0.15, -0.1) is 0 Å². The number of benzene rings is 1. The minimum absolute atomic E-state index is 0.122. The highest BCUT2D eigenvalue weighted by atomic mass is 32.2. The van der Waals surface area contributed by atoms with Crippen molar-refractivity contribution in [2.75, 3.05) is 11.9 Å². The molecule has 21 heavy (non-hydrogen) atoms. The van der Waals surface area contributed by atoms with Crippen LogP contribution < -0.4 is 10.0 Å². The second-order valence-corrected chi connectivity index (χ2v) is 6.73. The Morgan fingerprint density at radius 3 is 2.52 bits per heavy atom. The summed E-state index contributed by atoms with van der Waals surface area (Å²) in [4.78, 5) is 10.6. The molecule has 0 heterocycles. The Hall–Kier alpha value is -1.60. The van der Waals surface area contributed by atoms with Gasteiger partial charge in [0.2, 0.25) is 10.0 Å². The lowest BCUT2D eigenvalue weighted by molar-refractivity contribution is -0.137. The Labute approximate surface area is 125 Å². The van der Waals surface area contributed by atoms with Crippen LogP contribution >= 0.6 is 0 Å². The van der Waals surface area contributed by atoms with Gasteiger partial charge in [0.15, 0.2) is 0 Å². The van der Waals surface area contributed by atoms with Gasteiger partial charge in [0.25, 0.3) is 0 Å². The SMILES string of the molecule is CC(C)NS(=O)(=O)c1ccccc1NCCCCC(=O)O. The first-order chi connectivity index (χ1) is 9.83. The van der Waals surface area contributed by atoms with Crippen molar-refractivity contribution < 1.29 is 18.3 Å². The van der Waals surface area contributed by atoms with E-state index in [1.54, 1.807) is 38.1 Å². The van der Waals surface area contributed by atoms with E-state index in [4.69, 9.17) is 5.11 Å². The summed E-state index contributed by atoms with van der Waals surface area (Å²) >= 11 is 0. The van der Waals surface area contributed by atoms with Gasteiger partial charge in [-0.25, -0.2) is 13.1 Å². The van der Waals surface area contributed by atoms with Crippen LogP contribution in [-0.4, -0.2) is 32.1 Å². The fraction of sp³-hybridized carbons (Fsp3) is 0.500. The monoisotopic (exact) mass is 314 g/mol. The lowest BCUT2D eigenvalue weighted by Crippen LogP contribution is -2.30. The normalized spacial score (nSPS) is 11.6. The van der Waals surface area contributed by atoms with E-state index in [0.717, 1.165) is 0 Å². The first-order valence-electron chi connectivity index (χ1n) is 6.90. The highest BCUT2D eigenvalue weighted by molar-refractivity contribution is 7.89. The summed E-state index contributed by atoms with van der Waals surface area (Å²) in [6.07, 6.45) is 1.34. The van der Waals surface area contributed by atoms with E-state index < -0.39 is 16.0 Å². The van der Waals surface area contributed by atoms with Crippen molar-refractivity contribution >= 4 is 21.7 Å². The summed E-state index contributed by atoms with van der Waals surface area (Å²) in [5.41, 5.74) is 0.529. The molecular weight excluding hydrogens is 292 g/mol. The smallest absolute Gasteiger partial charge is 0.303 e. The lowest BCUT2D eigenvalue weighted by atomic mass is 10.2. The average Bonchev–Trinajstić information content (AvgIpc) is 2.37. The largest absolute Gasteiger partial charge is 0.481 e. The zero-order chi connectivity index (χ0) is 15.9. The van der Waals surface area contributed by atoms with Gasteiger partial charge in [-0.3, -0.25) is 4.79 Å². The maximum atomic E-state index is 12.2. The number of anilines is 1. The Kier molecular flexibility index (Phi) is 6.64. The number of aliphatic carboxylic acids is 1. The number of rotatable bonds is 9. The summed E-state index contributed by atoms with van der Waals surface area (Å²) in [6, 6.07) is 6.49. The molecule has 0 unspecified atom stereocenters. The van der Waals surface area contributed by atoms with Gasteiger partial charge in [-0.05, 0) is 38.8 Å². The molecule has 3 N–H and O–H groups in total. The third kappa shape index (κ3) is 6.14. The van der Waals surface area contributed by atoms with Crippen LogP contribution in [-0.2, 0) is 14.8 Å². The molecule has 0 aliphatic rings. The van der Waals surface area contributed by atoms with E-state index in [-0.39, 0.29) is 17.4 Å². The number of unbranched alkanes of at least 4 members (excludes halogenated alkanes) is 1. The highest BCUT2D eigenvalue weighted by Gasteiger charge is 2.18. The Morgan fingerprint density at radius 2 is 1.90 bits per heavy atom. The number of carboxylic acid groups (broad SMARTS) is 1. The predicted octanol–water partition coefficient (Wildman–Crippen LogP) is 2.04. The summed E-state index contributed by atoms with van der Waals surface area (Å²) in [5, 5.41) is 11.6. The lowest BCUT2D eigenvalue weighted by Gasteiger charge is -2.14. The summed E-state index contributed by atoms with van der Waals surface area (Å²) in [6.45, 7) is 4.06. The van der Waals surface area contributed by atoms with Crippen molar-refractivity contribution in [2.24, 2.45) is 0 Å². The van der Waals surface area contributed by atoms with Crippen molar-refractivity contribution in [3.05, 3.63) is 24.3 Å². The van der Waals surface area contributed by atoms with Gasteiger partial charge < -0.3 is 10.4 Å². The predicted molar refractivity (Wildman–Crippen MR) is 81.9 cm³/mol. The van der Waals surface area contributed by atoms with Gasteiger partial charge in [-0.2, -0.15) is 0 Å². The van der Waals surface area contributed by atoms with Gasteiger partial charge in [0, 0.05) is 19.0 Å². The maximum Gasteiger partial charge on any atom is 0.303 e. The van der Waals surface area contributed by atoms with E-state index >= 15 is 0 Å². The van der Waals surface area contributed by atoms with Crippen LogP contribution in [0.3, 0.4) is 0 Å². The topological polar surface area (TPSA) is 95.5 Å². The molecule has 0 saturated carbocycles. The Balaban J connectivity index is 2.69. The van der Waals surface area contributed by atoms with Gasteiger partial charge in [0.1, 0.15) is 4.90 Å². The molecule has 0 aliphatic heterocycles. The van der Waals surface area contributed by atoms with Crippen LogP contribution in [0.5, 0.6) is 0 Å². The number of hydrogen-bond acceptors (Lipinski definition) is 4. The first kappa shape index (κ1) is 17.5. The number of carbonyl (C=O) groups is 1. The minimum Gasteiger partial charge on any atom is -0.481 e. The molecule has 0 bridgehead atoms. The summed E-state index contributed by atoms with van der Waals surface area (Å²) in [7, 11) is -3.55. The quantitative estimate of drug-likeness (QED) is 0.606. The number of nitrogens with one attached hydrogen (secondary N) is 2. The molecule has 0 aromatic heterocycles. The zero-order valence-electron chi connectivity index (χ0n) is 12.3. The zero-order valence-corrected chi connectivity index (χ0v) is 13.1. The minimum atomic E-state index is -3.55. The molecule has 0 aliphatic carbocycles. The first-order valence-corrected chi connectivity index (χ1v) is 8.38. The van der Waals surface area contributed by atoms with E-state index in [2.05, 4.69) is 10.0 Å². The molecule has 0 spiro atoms. The van der Waals surface area contributed by atoms with Crippen molar-refractivity contribution in [3.63, 3.8) is 0 Å². The average molecular weight is 314 g/mol. The fourth-order valence-electron chi connectivity index (χ4n) is 1.85. The van der Waals surface area contributed by atoms with Gasteiger partial charge >= 0.3 is 5.97 Å². The number of carboxylic acids is 1. The molecular formula is C14H22N2O4S. The highest BCUT2D eigenvalue weighted by Crippen LogP contribution is 2.21. The van der Waals surface area contributed by atoms with Crippen LogP contribution in [0.1, 0.15) is 33.1 Å². The third-order valence-corrected chi connectivity index (χ3v) is 4.42. The molecule has 1 aromatic carbocycles.